The van der Waals surface area contributed by atoms with Gasteiger partial charge < -0.3 is 14.5 Å². The molecule has 0 radical (unpaired) electrons. The van der Waals surface area contributed by atoms with Crippen molar-refractivity contribution in [2.24, 2.45) is 0 Å². The smallest absolute Gasteiger partial charge is 0.254 e. The minimum atomic E-state index is -0.254. The SMILES string of the molecule is CN1CCN(C(=O)[C@H]2O[C@@H]2c2ccccc2)CC1. The van der Waals surface area contributed by atoms with E-state index in [1.807, 2.05) is 35.2 Å². The summed E-state index contributed by atoms with van der Waals surface area (Å²) >= 11 is 0. The molecule has 2 fully saturated rings. The molecule has 1 amide bonds. The third-order valence-corrected chi connectivity index (χ3v) is 3.68. The van der Waals surface area contributed by atoms with Gasteiger partial charge in [-0.15, -0.1) is 0 Å². The van der Waals surface area contributed by atoms with Crippen LogP contribution in [-0.4, -0.2) is 55.0 Å². The molecule has 96 valence electrons. The van der Waals surface area contributed by atoms with Crippen LogP contribution in [-0.2, 0) is 9.53 Å². The highest BCUT2D eigenvalue weighted by Gasteiger charge is 2.47. The lowest BCUT2D eigenvalue weighted by Crippen LogP contribution is -2.48. The van der Waals surface area contributed by atoms with Crippen LogP contribution in [0.4, 0.5) is 0 Å². The molecule has 2 heterocycles. The van der Waals surface area contributed by atoms with Gasteiger partial charge in [-0.05, 0) is 12.6 Å². The maximum absolute atomic E-state index is 12.2. The van der Waals surface area contributed by atoms with Crippen LogP contribution < -0.4 is 0 Å². The highest BCUT2D eigenvalue weighted by Crippen LogP contribution is 2.39. The van der Waals surface area contributed by atoms with E-state index in [-0.39, 0.29) is 18.1 Å². The zero-order chi connectivity index (χ0) is 12.5. The number of carbonyl (C=O) groups is 1. The van der Waals surface area contributed by atoms with Crippen molar-refractivity contribution in [2.45, 2.75) is 12.2 Å². The van der Waals surface area contributed by atoms with E-state index in [1.165, 1.54) is 0 Å². The summed E-state index contributed by atoms with van der Waals surface area (Å²) in [5.74, 6) is 0.150. The number of piperazine rings is 1. The highest BCUT2D eigenvalue weighted by atomic mass is 16.6. The third kappa shape index (κ3) is 2.26. The number of ether oxygens (including phenoxy) is 1. The van der Waals surface area contributed by atoms with Crippen LogP contribution >= 0.6 is 0 Å². The molecule has 4 heteroatoms. The zero-order valence-corrected chi connectivity index (χ0v) is 10.6. The third-order valence-electron chi connectivity index (χ3n) is 3.68. The second-order valence-electron chi connectivity index (χ2n) is 5.02. The molecule has 2 aliphatic rings. The Morgan fingerprint density at radius 3 is 2.50 bits per heavy atom. The number of likely N-dealkylation sites (N-methyl/N-ethyl adjacent to an activating group) is 1. The van der Waals surface area contributed by atoms with Gasteiger partial charge in [0.05, 0.1) is 0 Å². The molecule has 0 spiro atoms. The maximum Gasteiger partial charge on any atom is 0.254 e. The van der Waals surface area contributed by atoms with Gasteiger partial charge >= 0.3 is 0 Å². The lowest BCUT2D eigenvalue weighted by atomic mass is 10.1. The number of hydrogen-bond donors (Lipinski definition) is 0. The van der Waals surface area contributed by atoms with Gasteiger partial charge in [0.15, 0.2) is 6.10 Å². The monoisotopic (exact) mass is 246 g/mol. The predicted molar refractivity (Wildman–Crippen MR) is 68.1 cm³/mol. The molecule has 1 aromatic carbocycles. The molecule has 0 aromatic heterocycles. The van der Waals surface area contributed by atoms with Crippen molar-refractivity contribution in [3.8, 4) is 0 Å². The van der Waals surface area contributed by atoms with Gasteiger partial charge in [0.1, 0.15) is 6.10 Å². The fourth-order valence-electron chi connectivity index (χ4n) is 2.40. The largest absolute Gasteiger partial charge is 0.354 e. The first kappa shape index (κ1) is 11.7. The maximum atomic E-state index is 12.2. The first-order chi connectivity index (χ1) is 8.75. The summed E-state index contributed by atoms with van der Waals surface area (Å²) in [5, 5.41) is 0. The number of epoxide rings is 1. The second-order valence-corrected chi connectivity index (χ2v) is 5.02. The first-order valence-electron chi connectivity index (χ1n) is 6.43. The number of carbonyl (C=O) groups excluding carboxylic acids is 1. The number of rotatable bonds is 2. The summed E-state index contributed by atoms with van der Waals surface area (Å²) in [6.45, 7) is 3.54. The average molecular weight is 246 g/mol. The molecule has 0 saturated carbocycles. The predicted octanol–water partition coefficient (Wildman–Crippen LogP) is 0.900. The van der Waals surface area contributed by atoms with Crippen molar-refractivity contribution >= 4 is 5.91 Å². The van der Waals surface area contributed by atoms with Crippen LogP contribution in [0.15, 0.2) is 30.3 Å². The Morgan fingerprint density at radius 2 is 1.83 bits per heavy atom. The summed E-state index contributed by atoms with van der Waals surface area (Å²) in [6, 6.07) is 9.97. The Bertz CT molecular complexity index is 427. The van der Waals surface area contributed by atoms with Crippen LogP contribution in [0.3, 0.4) is 0 Å². The van der Waals surface area contributed by atoms with Crippen molar-refractivity contribution in [2.75, 3.05) is 33.2 Å². The van der Waals surface area contributed by atoms with E-state index in [4.69, 9.17) is 4.74 Å². The Kier molecular flexibility index (Phi) is 3.06. The minimum absolute atomic E-state index is 0.0293. The fraction of sp³-hybridized carbons (Fsp3) is 0.500. The van der Waals surface area contributed by atoms with E-state index in [1.54, 1.807) is 0 Å². The minimum Gasteiger partial charge on any atom is -0.354 e. The topological polar surface area (TPSA) is 36.1 Å². The van der Waals surface area contributed by atoms with Gasteiger partial charge in [-0.3, -0.25) is 4.79 Å². The fourth-order valence-corrected chi connectivity index (χ4v) is 2.40. The molecule has 2 aliphatic heterocycles. The normalized spacial score (nSPS) is 28.2. The number of amides is 1. The molecular formula is C14H18N2O2. The van der Waals surface area contributed by atoms with E-state index in [9.17, 15) is 4.79 Å². The number of nitrogens with zero attached hydrogens (tertiary/aromatic N) is 2. The molecule has 4 nitrogen and oxygen atoms in total. The Balaban J connectivity index is 1.59. The van der Waals surface area contributed by atoms with Gasteiger partial charge in [0, 0.05) is 26.2 Å². The molecule has 1 aromatic rings. The van der Waals surface area contributed by atoms with E-state index in [0.29, 0.717) is 0 Å². The highest BCUT2D eigenvalue weighted by molar-refractivity contribution is 5.84. The standard InChI is InChI=1S/C14H18N2O2/c1-15-7-9-16(10-8-15)14(17)13-12(18-13)11-5-3-2-4-6-11/h2-6,12-13H,7-10H2,1H3/t12-,13+/m1/s1. The van der Waals surface area contributed by atoms with Crippen LogP contribution in [0, 0.1) is 0 Å². The molecule has 0 bridgehead atoms. The molecule has 0 aliphatic carbocycles. The van der Waals surface area contributed by atoms with Crippen LogP contribution in [0.2, 0.25) is 0 Å². The van der Waals surface area contributed by atoms with Crippen LogP contribution in [0.1, 0.15) is 11.7 Å². The Hall–Kier alpha value is -1.39. The zero-order valence-electron chi connectivity index (χ0n) is 10.6. The molecule has 3 rings (SSSR count). The quantitative estimate of drug-likeness (QED) is 0.727. The van der Waals surface area contributed by atoms with Crippen molar-refractivity contribution in [3.63, 3.8) is 0 Å². The number of hydrogen-bond acceptors (Lipinski definition) is 3. The van der Waals surface area contributed by atoms with Gasteiger partial charge in [-0.1, -0.05) is 30.3 Å². The summed E-state index contributed by atoms with van der Waals surface area (Å²) in [6.07, 6.45) is -0.283. The summed E-state index contributed by atoms with van der Waals surface area (Å²) < 4.78 is 5.54. The van der Waals surface area contributed by atoms with Crippen LogP contribution in [0.5, 0.6) is 0 Å². The van der Waals surface area contributed by atoms with E-state index in [0.717, 1.165) is 31.7 Å². The van der Waals surface area contributed by atoms with Gasteiger partial charge in [0.2, 0.25) is 0 Å². The van der Waals surface area contributed by atoms with E-state index < -0.39 is 0 Å². The Labute approximate surface area is 107 Å². The summed E-state index contributed by atoms with van der Waals surface area (Å²) in [4.78, 5) is 16.4. The van der Waals surface area contributed by atoms with E-state index >= 15 is 0 Å². The average Bonchev–Trinajstić information content (AvgIpc) is 3.20. The lowest BCUT2D eigenvalue weighted by molar-refractivity contribution is -0.134. The summed E-state index contributed by atoms with van der Waals surface area (Å²) in [7, 11) is 2.09. The first-order valence-corrected chi connectivity index (χ1v) is 6.43. The van der Waals surface area contributed by atoms with Gasteiger partial charge in [-0.2, -0.15) is 0 Å². The van der Waals surface area contributed by atoms with Crippen LogP contribution in [0.25, 0.3) is 0 Å². The van der Waals surface area contributed by atoms with Gasteiger partial charge in [-0.25, -0.2) is 0 Å². The molecule has 18 heavy (non-hydrogen) atoms. The Morgan fingerprint density at radius 1 is 1.17 bits per heavy atom. The van der Waals surface area contributed by atoms with Gasteiger partial charge in [0.25, 0.3) is 5.91 Å². The molecule has 2 saturated heterocycles. The molecule has 2 atom stereocenters. The van der Waals surface area contributed by atoms with Crippen molar-refractivity contribution in [3.05, 3.63) is 35.9 Å². The number of benzene rings is 1. The second kappa shape index (κ2) is 4.71. The molecular weight excluding hydrogens is 228 g/mol. The van der Waals surface area contributed by atoms with E-state index in [2.05, 4.69) is 11.9 Å². The van der Waals surface area contributed by atoms with Crippen molar-refractivity contribution < 1.29 is 9.53 Å². The van der Waals surface area contributed by atoms with Crippen molar-refractivity contribution in [1.82, 2.24) is 9.80 Å². The molecule has 0 N–H and O–H groups in total. The molecule has 0 unspecified atom stereocenters. The lowest BCUT2D eigenvalue weighted by Gasteiger charge is -2.32. The summed E-state index contributed by atoms with van der Waals surface area (Å²) in [5.41, 5.74) is 1.10. The van der Waals surface area contributed by atoms with Crippen molar-refractivity contribution in [1.29, 1.82) is 0 Å².